The Balaban J connectivity index is 2.39. The van der Waals surface area contributed by atoms with Crippen LogP contribution in [0.15, 0.2) is 18.3 Å². The Morgan fingerprint density at radius 1 is 1.30 bits per heavy atom. The van der Waals surface area contributed by atoms with Gasteiger partial charge in [0, 0.05) is 29.9 Å². The summed E-state index contributed by atoms with van der Waals surface area (Å²) in [5, 5.41) is 0. The predicted octanol–water partition coefficient (Wildman–Crippen LogP) is 3.86. The van der Waals surface area contributed by atoms with Gasteiger partial charge in [-0.05, 0) is 59.7 Å². The van der Waals surface area contributed by atoms with Gasteiger partial charge in [-0.2, -0.15) is 0 Å². The number of aromatic nitrogens is 1. The van der Waals surface area contributed by atoms with Crippen molar-refractivity contribution in [1.29, 1.82) is 0 Å². The van der Waals surface area contributed by atoms with E-state index in [0.29, 0.717) is 18.1 Å². The van der Waals surface area contributed by atoms with Gasteiger partial charge in [0.1, 0.15) is 5.82 Å². The van der Waals surface area contributed by atoms with E-state index in [4.69, 9.17) is 4.98 Å². The zero-order valence-corrected chi connectivity index (χ0v) is 13.6. The zero-order chi connectivity index (χ0) is 14.7. The van der Waals surface area contributed by atoms with Crippen molar-refractivity contribution < 1.29 is 0 Å². The largest absolute Gasteiger partial charge is 0.351 e. The van der Waals surface area contributed by atoms with Gasteiger partial charge in [-0.25, -0.2) is 4.98 Å². The summed E-state index contributed by atoms with van der Waals surface area (Å²) in [5.41, 5.74) is 1.41. The highest BCUT2D eigenvalue weighted by Crippen LogP contribution is 2.36. The van der Waals surface area contributed by atoms with Crippen LogP contribution in [0.2, 0.25) is 0 Å². The van der Waals surface area contributed by atoms with Crippen molar-refractivity contribution in [2.45, 2.75) is 65.6 Å². The molecule has 3 nitrogen and oxygen atoms in total. The molecule has 3 heteroatoms. The molecule has 0 bridgehead atoms. The predicted molar refractivity (Wildman–Crippen MR) is 86.2 cm³/mol. The molecule has 1 atom stereocenters. The molecule has 20 heavy (non-hydrogen) atoms. The first-order chi connectivity index (χ1) is 9.56. The molecule has 0 N–H and O–H groups in total. The highest BCUT2D eigenvalue weighted by molar-refractivity contribution is 5.50. The first-order valence-electron chi connectivity index (χ1n) is 8.03. The summed E-state index contributed by atoms with van der Waals surface area (Å²) >= 11 is 0. The minimum Gasteiger partial charge on any atom is -0.351 e. The smallest absolute Gasteiger partial charge is 0.133 e. The second kappa shape index (κ2) is 6.57. The fraction of sp³-hybridized carbons (Fsp3) is 0.706. The van der Waals surface area contributed by atoms with Crippen molar-refractivity contribution in [3.8, 4) is 0 Å². The molecular weight excluding hydrogens is 246 g/mol. The van der Waals surface area contributed by atoms with E-state index in [1.54, 1.807) is 0 Å². The topological polar surface area (TPSA) is 19.4 Å². The van der Waals surface area contributed by atoms with Crippen LogP contribution in [0.4, 0.5) is 5.82 Å². The Labute approximate surface area is 124 Å². The fourth-order valence-corrected chi connectivity index (χ4v) is 3.53. The van der Waals surface area contributed by atoms with E-state index in [2.05, 4.69) is 56.6 Å². The van der Waals surface area contributed by atoms with E-state index in [-0.39, 0.29) is 0 Å². The number of anilines is 1. The maximum atomic E-state index is 4.73. The molecule has 0 unspecified atom stereocenters. The Morgan fingerprint density at radius 3 is 2.60 bits per heavy atom. The maximum absolute atomic E-state index is 4.73. The van der Waals surface area contributed by atoms with Crippen LogP contribution in [0.25, 0.3) is 0 Å². The highest BCUT2D eigenvalue weighted by atomic mass is 15.2. The number of rotatable bonds is 5. The minimum atomic E-state index is 0.472. The molecule has 0 aliphatic carbocycles. The van der Waals surface area contributed by atoms with Gasteiger partial charge < -0.3 is 4.90 Å². The first kappa shape index (κ1) is 15.3. The van der Waals surface area contributed by atoms with Crippen LogP contribution < -0.4 is 4.90 Å². The van der Waals surface area contributed by atoms with Crippen molar-refractivity contribution in [2.24, 2.45) is 0 Å². The van der Waals surface area contributed by atoms with Crippen LogP contribution in [0, 0.1) is 0 Å². The highest BCUT2D eigenvalue weighted by Gasteiger charge is 2.29. The van der Waals surface area contributed by atoms with Crippen LogP contribution in [0.1, 0.15) is 59.1 Å². The number of hydrogen-bond acceptors (Lipinski definition) is 3. The number of pyridine rings is 1. The van der Waals surface area contributed by atoms with E-state index >= 15 is 0 Å². The van der Waals surface area contributed by atoms with Crippen molar-refractivity contribution >= 4 is 5.82 Å². The summed E-state index contributed by atoms with van der Waals surface area (Å²) in [4.78, 5) is 9.76. The second-order valence-corrected chi connectivity index (χ2v) is 6.30. The van der Waals surface area contributed by atoms with Crippen LogP contribution in [0.5, 0.6) is 0 Å². The van der Waals surface area contributed by atoms with Crippen LogP contribution in [-0.4, -0.2) is 35.1 Å². The lowest BCUT2D eigenvalue weighted by atomic mass is 10.0. The van der Waals surface area contributed by atoms with Crippen LogP contribution in [-0.2, 0) is 0 Å². The third-order valence-electron chi connectivity index (χ3n) is 4.30. The summed E-state index contributed by atoms with van der Waals surface area (Å²) < 4.78 is 0. The molecule has 1 aliphatic rings. The van der Waals surface area contributed by atoms with E-state index in [9.17, 15) is 0 Å². The van der Waals surface area contributed by atoms with E-state index in [0.717, 1.165) is 6.54 Å². The van der Waals surface area contributed by atoms with Crippen LogP contribution >= 0.6 is 0 Å². The number of likely N-dealkylation sites (tertiary alicyclic amines) is 1. The Hall–Kier alpha value is -1.09. The SMILES string of the molecule is CCN1CCC[C@H]1c1cccnc1N(C(C)C)C(C)C. The third kappa shape index (κ3) is 2.98. The van der Waals surface area contributed by atoms with Gasteiger partial charge >= 0.3 is 0 Å². The Morgan fingerprint density at radius 2 is 2.00 bits per heavy atom. The summed E-state index contributed by atoms with van der Waals surface area (Å²) in [6.45, 7) is 13.6. The molecule has 112 valence electrons. The average Bonchev–Trinajstić information content (AvgIpc) is 2.86. The van der Waals surface area contributed by atoms with Crippen molar-refractivity contribution in [3.05, 3.63) is 23.9 Å². The summed E-state index contributed by atoms with van der Waals surface area (Å²) in [7, 11) is 0. The first-order valence-corrected chi connectivity index (χ1v) is 8.03. The Kier molecular flexibility index (Phi) is 5.03. The standard InChI is InChI=1S/C17H29N3/c1-6-19-12-8-10-16(19)15-9-7-11-18-17(15)20(13(2)3)14(4)5/h7,9,11,13-14,16H,6,8,10,12H2,1-5H3/t16-/m0/s1. The van der Waals surface area contributed by atoms with Crippen molar-refractivity contribution in [1.82, 2.24) is 9.88 Å². The van der Waals surface area contributed by atoms with Gasteiger partial charge in [0.15, 0.2) is 0 Å². The van der Waals surface area contributed by atoms with Gasteiger partial charge in [0.25, 0.3) is 0 Å². The number of nitrogens with zero attached hydrogens (tertiary/aromatic N) is 3. The minimum absolute atomic E-state index is 0.472. The molecular formula is C17H29N3. The Bertz CT molecular complexity index is 420. The average molecular weight is 275 g/mol. The lowest BCUT2D eigenvalue weighted by Crippen LogP contribution is -2.39. The fourth-order valence-electron chi connectivity index (χ4n) is 3.53. The molecule has 2 rings (SSSR count). The third-order valence-corrected chi connectivity index (χ3v) is 4.30. The van der Waals surface area contributed by atoms with E-state index in [1.165, 1.54) is 30.8 Å². The maximum Gasteiger partial charge on any atom is 0.133 e. The lowest BCUT2D eigenvalue weighted by Gasteiger charge is -2.35. The van der Waals surface area contributed by atoms with Crippen LogP contribution in [0.3, 0.4) is 0 Å². The normalized spacial score (nSPS) is 20.1. The lowest BCUT2D eigenvalue weighted by molar-refractivity contribution is 0.271. The summed E-state index contributed by atoms with van der Waals surface area (Å²) in [5.74, 6) is 1.18. The molecule has 1 saturated heterocycles. The summed E-state index contributed by atoms with van der Waals surface area (Å²) in [6, 6.07) is 5.85. The van der Waals surface area contributed by atoms with Gasteiger partial charge in [-0.1, -0.05) is 13.0 Å². The quantitative estimate of drug-likeness (QED) is 0.813. The van der Waals surface area contributed by atoms with Gasteiger partial charge in [-0.3, -0.25) is 4.90 Å². The molecule has 0 amide bonds. The molecule has 1 aliphatic heterocycles. The van der Waals surface area contributed by atoms with Gasteiger partial charge in [-0.15, -0.1) is 0 Å². The molecule has 1 aromatic heterocycles. The van der Waals surface area contributed by atoms with Gasteiger partial charge in [0.05, 0.1) is 0 Å². The molecule has 0 saturated carbocycles. The second-order valence-electron chi connectivity index (χ2n) is 6.30. The van der Waals surface area contributed by atoms with Crippen molar-refractivity contribution in [2.75, 3.05) is 18.0 Å². The van der Waals surface area contributed by atoms with Gasteiger partial charge in [0.2, 0.25) is 0 Å². The van der Waals surface area contributed by atoms with E-state index < -0.39 is 0 Å². The van der Waals surface area contributed by atoms with E-state index in [1.807, 2.05) is 6.20 Å². The molecule has 0 radical (unpaired) electrons. The van der Waals surface area contributed by atoms with Crippen molar-refractivity contribution in [3.63, 3.8) is 0 Å². The number of hydrogen-bond donors (Lipinski definition) is 0. The molecule has 1 aromatic rings. The molecule has 0 aromatic carbocycles. The molecule has 0 spiro atoms. The summed E-state index contributed by atoms with van der Waals surface area (Å²) in [6.07, 6.45) is 4.49. The molecule has 2 heterocycles. The molecule has 1 fully saturated rings. The zero-order valence-electron chi connectivity index (χ0n) is 13.6. The monoisotopic (exact) mass is 275 g/mol.